The molecule has 154 valence electrons. The SMILES string of the molecule is O=C1Nc2c(ccc(F)c2F)C1(c1ccc(OP(=O)(O)O)cc1)C1CCCCC1. The van der Waals surface area contributed by atoms with Gasteiger partial charge in [-0.2, -0.15) is 0 Å². The topological polar surface area (TPSA) is 95.9 Å². The zero-order valence-electron chi connectivity index (χ0n) is 15.4. The summed E-state index contributed by atoms with van der Waals surface area (Å²) < 4.78 is 43.9. The van der Waals surface area contributed by atoms with Crippen LogP contribution in [0.4, 0.5) is 14.5 Å². The molecule has 6 nitrogen and oxygen atoms in total. The van der Waals surface area contributed by atoms with Crippen LogP contribution in [-0.4, -0.2) is 15.7 Å². The summed E-state index contributed by atoms with van der Waals surface area (Å²) in [5.41, 5.74) is -0.414. The van der Waals surface area contributed by atoms with Crippen molar-refractivity contribution in [1.29, 1.82) is 0 Å². The van der Waals surface area contributed by atoms with Gasteiger partial charge in [-0.1, -0.05) is 37.5 Å². The molecule has 2 aromatic carbocycles. The summed E-state index contributed by atoms with van der Waals surface area (Å²) in [5, 5.41) is 2.54. The van der Waals surface area contributed by atoms with E-state index in [1.807, 2.05) is 0 Å². The minimum atomic E-state index is -4.72. The van der Waals surface area contributed by atoms with Crippen LogP contribution in [0.2, 0.25) is 0 Å². The fourth-order valence-corrected chi connectivity index (χ4v) is 5.11. The van der Waals surface area contributed by atoms with Crippen LogP contribution in [0.1, 0.15) is 43.2 Å². The number of amides is 1. The van der Waals surface area contributed by atoms with Gasteiger partial charge in [-0.25, -0.2) is 13.3 Å². The highest BCUT2D eigenvalue weighted by molar-refractivity contribution is 7.46. The number of nitrogens with one attached hydrogen (secondary N) is 1. The van der Waals surface area contributed by atoms with Crippen LogP contribution < -0.4 is 9.84 Å². The van der Waals surface area contributed by atoms with E-state index in [0.29, 0.717) is 11.1 Å². The molecule has 1 unspecified atom stereocenters. The van der Waals surface area contributed by atoms with Crippen molar-refractivity contribution in [2.45, 2.75) is 37.5 Å². The van der Waals surface area contributed by atoms with Crippen molar-refractivity contribution >= 4 is 19.4 Å². The Morgan fingerprint density at radius 3 is 2.31 bits per heavy atom. The molecule has 29 heavy (non-hydrogen) atoms. The highest BCUT2D eigenvalue weighted by atomic mass is 31.2. The summed E-state index contributed by atoms with van der Waals surface area (Å²) in [6.45, 7) is 0. The van der Waals surface area contributed by atoms with Crippen LogP contribution in [0, 0.1) is 17.6 Å². The molecule has 1 aliphatic carbocycles. The summed E-state index contributed by atoms with van der Waals surface area (Å²) in [4.78, 5) is 31.2. The first-order valence-corrected chi connectivity index (χ1v) is 10.9. The predicted molar refractivity (Wildman–Crippen MR) is 101 cm³/mol. The molecule has 3 N–H and O–H groups in total. The largest absolute Gasteiger partial charge is 0.524 e. The fourth-order valence-electron chi connectivity index (χ4n) is 4.72. The molecule has 2 aromatic rings. The van der Waals surface area contributed by atoms with Crippen LogP contribution in [0.15, 0.2) is 36.4 Å². The van der Waals surface area contributed by atoms with E-state index in [1.54, 1.807) is 12.1 Å². The molecule has 0 spiro atoms. The average Bonchev–Trinajstić information content (AvgIpc) is 2.98. The van der Waals surface area contributed by atoms with E-state index in [1.165, 1.54) is 18.2 Å². The Balaban J connectivity index is 1.87. The van der Waals surface area contributed by atoms with Crippen LogP contribution in [0.3, 0.4) is 0 Å². The normalized spacial score (nSPS) is 22.3. The lowest BCUT2D eigenvalue weighted by atomic mass is 9.62. The van der Waals surface area contributed by atoms with Gasteiger partial charge in [0.1, 0.15) is 11.2 Å². The second-order valence-electron chi connectivity index (χ2n) is 7.49. The number of hydrogen-bond donors (Lipinski definition) is 3. The molecule has 0 bridgehead atoms. The molecule has 1 fully saturated rings. The van der Waals surface area contributed by atoms with Crippen molar-refractivity contribution in [3.05, 3.63) is 59.2 Å². The summed E-state index contributed by atoms with van der Waals surface area (Å²) >= 11 is 0. The summed E-state index contributed by atoms with van der Waals surface area (Å²) in [7, 11) is -4.72. The van der Waals surface area contributed by atoms with Gasteiger partial charge in [0, 0.05) is 0 Å². The van der Waals surface area contributed by atoms with Gasteiger partial charge in [0.2, 0.25) is 5.91 Å². The van der Waals surface area contributed by atoms with Gasteiger partial charge in [-0.15, -0.1) is 0 Å². The number of carbonyl (C=O) groups is 1. The second-order valence-corrected chi connectivity index (χ2v) is 8.65. The first kappa shape index (κ1) is 20.0. The molecule has 4 rings (SSSR count). The van der Waals surface area contributed by atoms with E-state index >= 15 is 0 Å². The third-order valence-corrected chi connectivity index (χ3v) is 6.32. The van der Waals surface area contributed by atoms with Crippen molar-refractivity contribution in [3.63, 3.8) is 0 Å². The molecule has 1 heterocycles. The third kappa shape index (κ3) is 3.35. The minimum absolute atomic E-state index is 0.0511. The monoisotopic (exact) mass is 423 g/mol. The molecule has 2 aliphatic rings. The Labute approximate surface area is 166 Å². The molecule has 0 aromatic heterocycles. The van der Waals surface area contributed by atoms with Gasteiger partial charge in [0.05, 0.1) is 5.69 Å². The number of benzene rings is 2. The fraction of sp³-hybridized carbons (Fsp3) is 0.350. The summed E-state index contributed by atoms with van der Waals surface area (Å²) in [6.07, 6.45) is 4.42. The second kappa shape index (κ2) is 7.20. The quantitative estimate of drug-likeness (QED) is 0.639. The van der Waals surface area contributed by atoms with Gasteiger partial charge < -0.3 is 9.84 Å². The van der Waals surface area contributed by atoms with E-state index in [4.69, 9.17) is 9.79 Å². The maximum Gasteiger partial charge on any atom is 0.524 e. The maximum absolute atomic E-state index is 14.5. The molecule has 0 radical (unpaired) electrons. The van der Waals surface area contributed by atoms with Crippen molar-refractivity contribution in [2.75, 3.05) is 5.32 Å². The highest BCUT2D eigenvalue weighted by Crippen LogP contribution is 2.53. The first-order valence-electron chi connectivity index (χ1n) is 9.39. The number of phosphoric acid groups is 1. The van der Waals surface area contributed by atoms with Gasteiger partial charge in [0.15, 0.2) is 11.6 Å². The van der Waals surface area contributed by atoms with Crippen LogP contribution in [0.5, 0.6) is 5.75 Å². The Kier molecular flexibility index (Phi) is 4.97. The zero-order chi connectivity index (χ0) is 20.8. The van der Waals surface area contributed by atoms with Crippen LogP contribution in [0.25, 0.3) is 0 Å². The number of rotatable bonds is 4. The number of hydrogen-bond acceptors (Lipinski definition) is 3. The van der Waals surface area contributed by atoms with Crippen LogP contribution >= 0.6 is 7.82 Å². The van der Waals surface area contributed by atoms with E-state index in [2.05, 4.69) is 9.84 Å². The third-order valence-electron chi connectivity index (χ3n) is 5.87. The molecule has 1 atom stereocenters. The first-order chi connectivity index (χ1) is 13.7. The van der Waals surface area contributed by atoms with E-state index in [9.17, 15) is 18.1 Å². The smallest absolute Gasteiger partial charge is 0.404 e. The predicted octanol–water partition coefficient (Wildman–Crippen LogP) is 4.25. The van der Waals surface area contributed by atoms with Crippen molar-refractivity contribution in [1.82, 2.24) is 0 Å². The van der Waals surface area contributed by atoms with Gasteiger partial charge in [-0.05, 0) is 48.1 Å². The average molecular weight is 423 g/mol. The molecule has 9 heteroatoms. The number of halogens is 2. The molecule has 1 aliphatic heterocycles. The minimum Gasteiger partial charge on any atom is -0.404 e. The lowest BCUT2D eigenvalue weighted by molar-refractivity contribution is -0.121. The Morgan fingerprint density at radius 1 is 1.03 bits per heavy atom. The summed E-state index contributed by atoms with van der Waals surface area (Å²) in [5.74, 6) is -2.71. The van der Waals surface area contributed by atoms with Gasteiger partial charge >= 0.3 is 7.82 Å². The highest BCUT2D eigenvalue weighted by Gasteiger charge is 2.54. The molecular weight excluding hydrogens is 403 g/mol. The van der Waals surface area contributed by atoms with E-state index in [-0.39, 0.29) is 17.4 Å². The van der Waals surface area contributed by atoms with Crippen molar-refractivity contribution in [2.24, 2.45) is 5.92 Å². The number of fused-ring (bicyclic) bond motifs is 1. The standard InChI is InChI=1S/C20H20F2NO5P/c21-16-11-10-15-18(17(16)22)23-19(24)20(15,12-4-2-1-3-5-12)13-6-8-14(9-7-13)28-29(25,26)27/h6-12H,1-5H2,(H,23,24)(H2,25,26,27). The maximum atomic E-state index is 14.5. The summed E-state index contributed by atoms with van der Waals surface area (Å²) in [6, 6.07) is 8.30. The molecular formula is C20H20F2NO5P. The van der Waals surface area contributed by atoms with Crippen molar-refractivity contribution in [3.8, 4) is 5.75 Å². The Morgan fingerprint density at radius 2 is 1.69 bits per heavy atom. The molecule has 0 saturated heterocycles. The Hall–Kier alpha value is -2.28. The lowest BCUT2D eigenvalue weighted by Gasteiger charge is -2.39. The van der Waals surface area contributed by atoms with E-state index in [0.717, 1.165) is 38.2 Å². The Bertz CT molecular complexity index is 1000. The van der Waals surface area contributed by atoms with Gasteiger partial charge in [0.25, 0.3) is 0 Å². The van der Waals surface area contributed by atoms with Crippen molar-refractivity contribution < 1.29 is 32.5 Å². The number of anilines is 1. The van der Waals surface area contributed by atoms with Crippen LogP contribution in [-0.2, 0) is 14.8 Å². The molecule has 1 amide bonds. The number of carbonyl (C=O) groups excluding carboxylic acids is 1. The number of phosphoric ester groups is 1. The van der Waals surface area contributed by atoms with Gasteiger partial charge in [-0.3, -0.25) is 14.6 Å². The lowest BCUT2D eigenvalue weighted by Crippen LogP contribution is -2.43. The zero-order valence-corrected chi connectivity index (χ0v) is 16.3. The molecule has 1 saturated carbocycles. The van der Waals surface area contributed by atoms with E-state index < -0.39 is 30.8 Å².